The molecule has 1 N–H and O–H groups in total. The lowest BCUT2D eigenvalue weighted by Gasteiger charge is -2.55. The second-order valence-electron chi connectivity index (χ2n) is 7.26. The summed E-state index contributed by atoms with van der Waals surface area (Å²) >= 11 is 0. The predicted octanol–water partition coefficient (Wildman–Crippen LogP) is 2.29. The van der Waals surface area contributed by atoms with Crippen LogP contribution in [0.3, 0.4) is 0 Å². The zero-order valence-electron chi connectivity index (χ0n) is 16.6. The highest BCUT2D eigenvalue weighted by molar-refractivity contribution is 5.77. The topological polar surface area (TPSA) is 73.7 Å². The van der Waals surface area contributed by atoms with E-state index >= 15 is 0 Å². The summed E-state index contributed by atoms with van der Waals surface area (Å²) in [6, 6.07) is 11.7. The van der Waals surface area contributed by atoms with Crippen molar-refractivity contribution in [2.75, 3.05) is 20.2 Å². The van der Waals surface area contributed by atoms with Crippen molar-refractivity contribution < 1.29 is 14.7 Å². The number of likely N-dealkylation sites (N-methyl/N-ethyl adjacent to an activating group) is 1. The van der Waals surface area contributed by atoms with Crippen molar-refractivity contribution in [3.05, 3.63) is 54.4 Å². The van der Waals surface area contributed by atoms with Crippen molar-refractivity contribution in [2.45, 2.75) is 38.3 Å². The highest BCUT2D eigenvalue weighted by atomic mass is 16.3. The van der Waals surface area contributed by atoms with Crippen LogP contribution in [0, 0.1) is 0 Å². The van der Waals surface area contributed by atoms with Crippen LogP contribution in [0.2, 0.25) is 0 Å². The van der Waals surface area contributed by atoms with Gasteiger partial charge in [0.05, 0.1) is 18.7 Å². The lowest BCUT2D eigenvalue weighted by molar-refractivity contribution is -0.151. The first-order valence-electron chi connectivity index (χ1n) is 9.62. The van der Waals surface area contributed by atoms with Crippen LogP contribution >= 0.6 is 0 Å². The SMILES string of the molecule is CCC(=O)N(C)C[C@@H]1[C@H](c2ccc(-c3cccnc3)cc2)[C@H](CO)N1C(C)=O. The van der Waals surface area contributed by atoms with Crippen LogP contribution in [0.15, 0.2) is 48.8 Å². The van der Waals surface area contributed by atoms with Gasteiger partial charge in [-0.3, -0.25) is 14.6 Å². The lowest BCUT2D eigenvalue weighted by Crippen LogP contribution is -2.68. The average Bonchev–Trinajstić information content (AvgIpc) is 2.70. The van der Waals surface area contributed by atoms with Gasteiger partial charge in [-0.15, -0.1) is 0 Å². The summed E-state index contributed by atoms with van der Waals surface area (Å²) in [6.45, 7) is 3.70. The molecular formula is C22H27N3O3. The number of aliphatic hydroxyl groups excluding tert-OH is 1. The zero-order chi connectivity index (χ0) is 20.3. The molecule has 0 unspecified atom stereocenters. The minimum Gasteiger partial charge on any atom is -0.394 e. The number of amides is 2. The predicted molar refractivity (Wildman–Crippen MR) is 108 cm³/mol. The summed E-state index contributed by atoms with van der Waals surface area (Å²) in [6.07, 6.45) is 3.99. The minimum absolute atomic E-state index is 0.0102. The van der Waals surface area contributed by atoms with E-state index in [9.17, 15) is 14.7 Å². The Balaban J connectivity index is 1.86. The molecule has 2 heterocycles. The van der Waals surface area contributed by atoms with Crippen LogP contribution in [0.5, 0.6) is 0 Å². The van der Waals surface area contributed by atoms with E-state index in [0.717, 1.165) is 16.7 Å². The molecule has 0 aliphatic carbocycles. The van der Waals surface area contributed by atoms with Gasteiger partial charge < -0.3 is 14.9 Å². The van der Waals surface area contributed by atoms with Gasteiger partial charge in [-0.05, 0) is 22.8 Å². The molecule has 1 fully saturated rings. The quantitative estimate of drug-likeness (QED) is 0.833. The van der Waals surface area contributed by atoms with Crippen LogP contribution in [0.1, 0.15) is 31.7 Å². The van der Waals surface area contributed by atoms with Crippen LogP contribution in [0.4, 0.5) is 0 Å². The van der Waals surface area contributed by atoms with Crippen molar-refractivity contribution in [3.8, 4) is 11.1 Å². The number of carbonyl (C=O) groups excluding carboxylic acids is 2. The van der Waals surface area contributed by atoms with Gasteiger partial charge in [-0.2, -0.15) is 0 Å². The molecule has 1 aromatic heterocycles. The number of aliphatic hydroxyl groups is 1. The first-order valence-corrected chi connectivity index (χ1v) is 9.62. The Bertz CT molecular complexity index is 823. The summed E-state index contributed by atoms with van der Waals surface area (Å²) in [5.41, 5.74) is 3.16. The standard InChI is InChI=1S/C22H27N3O3/c1-4-21(28)24(3)13-19-22(20(14-26)25(19)15(2)27)17-9-7-16(8-10-17)18-6-5-11-23-12-18/h5-12,19-20,22,26H,4,13-14H2,1-3H3/t19-,20+,22+/m1/s1. The molecule has 1 saturated heterocycles. The van der Waals surface area contributed by atoms with Gasteiger partial charge in [0.15, 0.2) is 0 Å². The number of aromatic nitrogens is 1. The lowest BCUT2D eigenvalue weighted by atomic mass is 9.74. The molecule has 2 aromatic rings. The van der Waals surface area contributed by atoms with E-state index in [1.807, 2.05) is 49.5 Å². The Hall–Kier alpha value is -2.73. The van der Waals surface area contributed by atoms with Crippen molar-refractivity contribution in [1.82, 2.24) is 14.8 Å². The minimum atomic E-state index is -0.267. The highest BCUT2D eigenvalue weighted by Gasteiger charge is 2.50. The molecule has 3 rings (SSSR count). The highest BCUT2D eigenvalue weighted by Crippen LogP contribution is 2.41. The summed E-state index contributed by atoms with van der Waals surface area (Å²) in [7, 11) is 1.76. The Morgan fingerprint density at radius 1 is 1.14 bits per heavy atom. The fourth-order valence-electron chi connectivity index (χ4n) is 4.14. The number of rotatable bonds is 6. The third kappa shape index (κ3) is 3.78. The molecule has 6 nitrogen and oxygen atoms in total. The number of pyridine rings is 1. The van der Waals surface area contributed by atoms with E-state index < -0.39 is 0 Å². The zero-order valence-corrected chi connectivity index (χ0v) is 16.6. The van der Waals surface area contributed by atoms with Crippen LogP contribution in [0.25, 0.3) is 11.1 Å². The number of hydrogen-bond acceptors (Lipinski definition) is 4. The molecular weight excluding hydrogens is 354 g/mol. The molecule has 2 amide bonds. The maximum Gasteiger partial charge on any atom is 0.222 e. The second-order valence-corrected chi connectivity index (χ2v) is 7.26. The van der Waals surface area contributed by atoms with Crippen LogP contribution in [-0.4, -0.2) is 64.0 Å². The van der Waals surface area contributed by atoms with Crippen LogP contribution in [-0.2, 0) is 9.59 Å². The van der Waals surface area contributed by atoms with E-state index in [2.05, 4.69) is 4.98 Å². The van der Waals surface area contributed by atoms with Gasteiger partial charge in [-0.1, -0.05) is 37.3 Å². The molecule has 3 atom stereocenters. The van der Waals surface area contributed by atoms with E-state index in [1.54, 1.807) is 23.0 Å². The molecule has 0 bridgehead atoms. The number of benzene rings is 1. The van der Waals surface area contributed by atoms with Crippen molar-refractivity contribution in [1.29, 1.82) is 0 Å². The van der Waals surface area contributed by atoms with Gasteiger partial charge in [-0.25, -0.2) is 0 Å². The van der Waals surface area contributed by atoms with Crippen molar-refractivity contribution in [2.24, 2.45) is 0 Å². The third-order valence-corrected chi connectivity index (χ3v) is 5.57. The van der Waals surface area contributed by atoms with Crippen LogP contribution < -0.4 is 0 Å². The fourth-order valence-corrected chi connectivity index (χ4v) is 4.14. The molecule has 148 valence electrons. The summed E-state index contributed by atoms with van der Waals surface area (Å²) < 4.78 is 0. The Kier molecular flexibility index (Phi) is 6.09. The number of nitrogens with zero attached hydrogens (tertiary/aromatic N) is 3. The average molecular weight is 381 g/mol. The molecule has 1 aliphatic heterocycles. The Labute approximate surface area is 165 Å². The Morgan fingerprint density at radius 3 is 2.39 bits per heavy atom. The maximum absolute atomic E-state index is 12.1. The molecule has 28 heavy (non-hydrogen) atoms. The molecule has 0 spiro atoms. The number of hydrogen-bond donors (Lipinski definition) is 1. The number of likely N-dealkylation sites (tertiary alicyclic amines) is 1. The van der Waals surface area contributed by atoms with Crippen molar-refractivity contribution >= 4 is 11.8 Å². The monoisotopic (exact) mass is 381 g/mol. The van der Waals surface area contributed by atoms with E-state index in [0.29, 0.717) is 13.0 Å². The van der Waals surface area contributed by atoms with E-state index in [1.165, 1.54) is 6.92 Å². The van der Waals surface area contributed by atoms with E-state index in [-0.39, 0.29) is 36.4 Å². The van der Waals surface area contributed by atoms with E-state index in [4.69, 9.17) is 0 Å². The first kappa shape index (κ1) is 20.0. The summed E-state index contributed by atoms with van der Waals surface area (Å²) in [5.74, 6) is -0.0461. The van der Waals surface area contributed by atoms with Gasteiger partial charge >= 0.3 is 0 Å². The van der Waals surface area contributed by atoms with Gasteiger partial charge in [0.2, 0.25) is 11.8 Å². The third-order valence-electron chi connectivity index (χ3n) is 5.57. The summed E-state index contributed by atoms with van der Waals surface area (Å²) in [5, 5.41) is 9.89. The van der Waals surface area contributed by atoms with Gasteiger partial charge in [0.25, 0.3) is 0 Å². The van der Waals surface area contributed by atoms with Crippen molar-refractivity contribution in [3.63, 3.8) is 0 Å². The smallest absolute Gasteiger partial charge is 0.222 e. The molecule has 1 aromatic carbocycles. The largest absolute Gasteiger partial charge is 0.394 e. The van der Waals surface area contributed by atoms with Gasteiger partial charge in [0.1, 0.15) is 0 Å². The van der Waals surface area contributed by atoms with Gasteiger partial charge in [0, 0.05) is 45.2 Å². The molecule has 6 heteroatoms. The fraction of sp³-hybridized carbons (Fsp3) is 0.409. The number of carbonyl (C=O) groups is 2. The first-order chi connectivity index (χ1) is 13.5. The second kappa shape index (κ2) is 8.52. The normalized spacial score (nSPS) is 21.1. The summed E-state index contributed by atoms with van der Waals surface area (Å²) in [4.78, 5) is 31.7. The molecule has 1 aliphatic rings. The molecule has 0 radical (unpaired) electrons. The maximum atomic E-state index is 12.1. The molecule has 0 saturated carbocycles. The Morgan fingerprint density at radius 2 is 1.86 bits per heavy atom.